The van der Waals surface area contributed by atoms with Crippen molar-refractivity contribution in [1.29, 1.82) is 0 Å². The fourth-order valence-electron chi connectivity index (χ4n) is 3.72. The molecule has 142 valence electrons. The lowest BCUT2D eigenvalue weighted by molar-refractivity contribution is 0.0754. The van der Waals surface area contributed by atoms with Crippen LogP contribution in [0.15, 0.2) is 48.5 Å². The van der Waals surface area contributed by atoms with E-state index in [1.807, 2.05) is 60.4 Å². The first kappa shape index (κ1) is 17.0. The van der Waals surface area contributed by atoms with E-state index >= 15 is 0 Å². The number of carbonyl (C=O) groups is 1. The Morgan fingerprint density at radius 3 is 2.75 bits per heavy atom. The van der Waals surface area contributed by atoms with Crippen LogP contribution in [-0.2, 0) is 6.54 Å². The van der Waals surface area contributed by atoms with E-state index in [9.17, 15) is 4.79 Å². The number of ether oxygens (including phenoxy) is 2. The largest absolute Gasteiger partial charge is 0.454 e. The van der Waals surface area contributed by atoms with Gasteiger partial charge < -0.3 is 14.4 Å². The Hall–Kier alpha value is -3.08. The van der Waals surface area contributed by atoms with Crippen LogP contribution in [0.5, 0.6) is 11.5 Å². The quantitative estimate of drug-likeness (QED) is 0.660. The summed E-state index contributed by atoms with van der Waals surface area (Å²) in [5.74, 6) is 2.04. The molecule has 0 radical (unpaired) electrons. The Bertz CT molecular complexity index is 1060. The van der Waals surface area contributed by atoms with E-state index in [-0.39, 0.29) is 12.7 Å². The molecule has 2 aliphatic rings. The second-order valence-corrected chi connectivity index (χ2v) is 7.39. The number of fused-ring (bicyclic) bond motifs is 2. The maximum absolute atomic E-state index is 13.5. The van der Waals surface area contributed by atoms with Gasteiger partial charge in [-0.1, -0.05) is 24.3 Å². The van der Waals surface area contributed by atoms with Crippen molar-refractivity contribution in [2.75, 3.05) is 13.3 Å². The molecule has 5 rings (SSSR count). The summed E-state index contributed by atoms with van der Waals surface area (Å²) in [6.45, 7) is 3.42. The highest BCUT2D eigenvalue weighted by Crippen LogP contribution is 2.40. The number of nitrogens with zero attached hydrogens (tertiary/aromatic N) is 2. The standard InChI is InChI=1S/C23H22N2O3/c1-2-25(13-15-7-10-21-22(11-15)28-14-27-21)23(26)18-12-20(16-8-9-16)24-19-6-4-3-5-17(18)19/h3-7,10-12,16H,2,8-9,13-14H2,1H3. The summed E-state index contributed by atoms with van der Waals surface area (Å²) >= 11 is 0. The predicted octanol–water partition coefficient (Wildman–Crippen LogP) is 4.50. The van der Waals surface area contributed by atoms with E-state index in [0.717, 1.165) is 52.1 Å². The molecule has 3 aromatic rings. The van der Waals surface area contributed by atoms with Gasteiger partial charge in [0.2, 0.25) is 6.79 Å². The molecular weight excluding hydrogens is 352 g/mol. The van der Waals surface area contributed by atoms with Crippen LogP contribution in [0.2, 0.25) is 0 Å². The monoisotopic (exact) mass is 374 g/mol. The summed E-state index contributed by atoms with van der Waals surface area (Å²) in [6, 6.07) is 15.8. The number of hydrogen-bond donors (Lipinski definition) is 0. The fourth-order valence-corrected chi connectivity index (χ4v) is 3.72. The molecule has 0 N–H and O–H groups in total. The first-order valence-corrected chi connectivity index (χ1v) is 9.80. The second-order valence-electron chi connectivity index (χ2n) is 7.39. The van der Waals surface area contributed by atoms with Gasteiger partial charge in [-0.3, -0.25) is 9.78 Å². The number of carbonyl (C=O) groups excluding carboxylic acids is 1. The molecule has 0 atom stereocenters. The van der Waals surface area contributed by atoms with Gasteiger partial charge in [0.25, 0.3) is 5.91 Å². The first-order valence-electron chi connectivity index (χ1n) is 9.80. The van der Waals surface area contributed by atoms with Gasteiger partial charge in [0, 0.05) is 30.1 Å². The molecule has 5 nitrogen and oxygen atoms in total. The zero-order valence-electron chi connectivity index (χ0n) is 15.9. The van der Waals surface area contributed by atoms with Crippen molar-refractivity contribution >= 4 is 16.8 Å². The van der Waals surface area contributed by atoms with Crippen molar-refractivity contribution in [2.45, 2.75) is 32.2 Å². The van der Waals surface area contributed by atoms with Crippen molar-refractivity contribution in [1.82, 2.24) is 9.88 Å². The minimum absolute atomic E-state index is 0.0423. The van der Waals surface area contributed by atoms with Crippen molar-refractivity contribution in [3.63, 3.8) is 0 Å². The summed E-state index contributed by atoms with van der Waals surface area (Å²) < 4.78 is 10.9. The van der Waals surface area contributed by atoms with Gasteiger partial charge in [-0.15, -0.1) is 0 Å². The molecule has 0 unspecified atom stereocenters. The van der Waals surface area contributed by atoms with Crippen molar-refractivity contribution < 1.29 is 14.3 Å². The predicted molar refractivity (Wildman–Crippen MR) is 107 cm³/mol. The number of aromatic nitrogens is 1. The minimum atomic E-state index is 0.0423. The van der Waals surface area contributed by atoms with Gasteiger partial charge in [0.05, 0.1) is 11.1 Å². The van der Waals surface area contributed by atoms with E-state index in [0.29, 0.717) is 19.0 Å². The van der Waals surface area contributed by atoms with Crippen LogP contribution in [0.25, 0.3) is 10.9 Å². The molecule has 1 amide bonds. The molecule has 28 heavy (non-hydrogen) atoms. The molecule has 0 spiro atoms. The minimum Gasteiger partial charge on any atom is -0.454 e. The normalized spacial score (nSPS) is 15.0. The molecule has 1 fully saturated rings. The average molecular weight is 374 g/mol. The number of amides is 1. The number of rotatable bonds is 5. The molecule has 2 aromatic carbocycles. The molecule has 1 saturated carbocycles. The van der Waals surface area contributed by atoms with Gasteiger partial charge in [0.15, 0.2) is 11.5 Å². The highest BCUT2D eigenvalue weighted by atomic mass is 16.7. The van der Waals surface area contributed by atoms with Gasteiger partial charge in [-0.25, -0.2) is 0 Å². The Labute approximate surface area is 163 Å². The molecule has 2 heterocycles. The van der Waals surface area contributed by atoms with Crippen LogP contribution in [0, 0.1) is 0 Å². The number of pyridine rings is 1. The lowest BCUT2D eigenvalue weighted by atomic mass is 10.0. The van der Waals surface area contributed by atoms with E-state index < -0.39 is 0 Å². The van der Waals surface area contributed by atoms with Gasteiger partial charge in [-0.2, -0.15) is 0 Å². The highest BCUT2D eigenvalue weighted by Gasteiger charge is 2.28. The number of benzene rings is 2. The third-order valence-electron chi connectivity index (χ3n) is 5.44. The first-order chi connectivity index (χ1) is 13.7. The van der Waals surface area contributed by atoms with Crippen LogP contribution in [0.1, 0.15) is 47.3 Å². The number of hydrogen-bond acceptors (Lipinski definition) is 4. The van der Waals surface area contributed by atoms with Crippen LogP contribution in [0.4, 0.5) is 0 Å². The van der Waals surface area contributed by atoms with E-state index in [4.69, 9.17) is 14.5 Å². The number of para-hydroxylation sites is 1. The van der Waals surface area contributed by atoms with E-state index in [1.54, 1.807) is 0 Å². The molecule has 1 aliphatic heterocycles. The van der Waals surface area contributed by atoms with Crippen molar-refractivity contribution in [2.24, 2.45) is 0 Å². The highest BCUT2D eigenvalue weighted by molar-refractivity contribution is 6.06. The topological polar surface area (TPSA) is 51.7 Å². The van der Waals surface area contributed by atoms with Crippen LogP contribution >= 0.6 is 0 Å². The van der Waals surface area contributed by atoms with Gasteiger partial charge in [-0.05, 0) is 49.6 Å². The Kier molecular flexibility index (Phi) is 4.15. The zero-order valence-corrected chi connectivity index (χ0v) is 15.9. The summed E-state index contributed by atoms with van der Waals surface area (Å²) in [5.41, 5.74) is 3.71. The van der Waals surface area contributed by atoms with Crippen molar-refractivity contribution in [3.8, 4) is 11.5 Å². The molecule has 0 bridgehead atoms. The summed E-state index contributed by atoms with van der Waals surface area (Å²) in [5, 5.41) is 0.918. The molecule has 1 aliphatic carbocycles. The molecular formula is C23H22N2O3. The Balaban J connectivity index is 1.48. The Morgan fingerprint density at radius 2 is 1.93 bits per heavy atom. The van der Waals surface area contributed by atoms with Crippen molar-refractivity contribution in [3.05, 3.63) is 65.4 Å². The van der Waals surface area contributed by atoms with Crippen LogP contribution in [-0.4, -0.2) is 29.1 Å². The maximum atomic E-state index is 13.5. The molecule has 5 heteroatoms. The van der Waals surface area contributed by atoms with E-state index in [1.165, 1.54) is 0 Å². The second kappa shape index (κ2) is 6.82. The average Bonchev–Trinajstić information content (AvgIpc) is 3.48. The third-order valence-corrected chi connectivity index (χ3v) is 5.44. The smallest absolute Gasteiger partial charge is 0.254 e. The summed E-state index contributed by atoms with van der Waals surface area (Å²) in [6.07, 6.45) is 2.32. The van der Waals surface area contributed by atoms with Crippen LogP contribution < -0.4 is 9.47 Å². The van der Waals surface area contributed by atoms with Crippen LogP contribution in [0.3, 0.4) is 0 Å². The zero-order chi connectivity index (χ0) is 19.1. The lowest BCUT2D eigenvalue weighted by Crippen LogP contribution is -2.30. The SMILES string of the molecule is CCN(Cc1ccc2c(c1)OCO2)C(=O)c1cc(C2CC2)nc2ccccc12. The third kappa shape index (κ3) is 3.07. The summed E-state index contributed by atoms with van der Waals surface area (Å²) in [7, 11) is 0. The maximum Gasteiger partial charge on any atom is 0.254 e. The Morgan fingerprint density at radius 1 is 1.11 bits per heavy atom. The van der Waals surface area contributed by atoms with Gasteiger partial charge in [0.1, 0.15) is 0 Å². The molecule has 1 aromatic heterocycles. The molecule has 0 saturated heterocycles. The van der Waals surface area contributed by atoms with Gasteiger partial charge >= 0.3 is 0 Å². The summed E-state index contributed by atoms with van der Waals surface area (Å²) in [4.78, 5) is 20.1. The van der Waals surface area contributed by atoms with E-state index in [2.05, 4.69) is 0 Å². The lowest BCUT2D eigenvalue weighted by Gasteiger charge is -2.22. The fraction of sp³-hybridized carbons (Fsp3) is 0.304.